The third-order valence-electron chi connectivity index (χ3n) is 2.08. The Morgan fingerprint density at radius 2 is 1.87 bits per heavy atom. The van der Waals surface area contributed by atoms with Gasteiger partial charge in [-0.2, -0.15) is 5.26 Å². The summed E-state index contributed by atoms with van der Waals surface area (Å²) in [5, 5.41) is 27.4. The number of nitrogens with zero attached hydrogens (tertiary/aromatic N) is 1. The zero-order valence-corrected chi connectivity index (χ0v) is 8.09. The molecule has 0 aliphatic heterocycles. The first-order valence-electron chi connectivity index (χ1n) is 4.48. The van der Waals surface area contributed by atoms with Gasteiger partial charge in [-0.25, -0.2) is 0 Å². The summed E-state index contributed by atoms with van der Waals surface area (Å²) in [6.07, 6.45) is 2.97. The molecule has 0 aliphatic rings. The molecule has 0 fully saturated rings. The minimum atomic E-state index is -1.06. The third kappa shape index (κ3) is 2.82. The van der Waals surface area contributed by atoms with Gasteiger partial charge in [0.15, 0.2) is 0 Å². The summed E-state index contributed by atoms with van der Waals surface area (Å²) >= 11 is 0. The van der Waals surface area contributed by atoms with Gasteiger partial charge in [0.1, 0.15) is 6.10 Å². The summed E-state index contributed by atoms with van der Waals surface area (Å²) in [5.41, 5.74) is 1.26. The van der Waals surface area contributed by atoms with E-state index >= 15 is 0 Å². The Hall–Kier alpha value is -1.81. The lowest BCUT2D eigenvalue weighted by Crippen LogP contribution is -2.17. The average Bonchev–Trinajstić information content (AvgIpc) is 2.28. The SMILES string of the molecule is C#Cc1ccc(C(O)C(O)CC#N)cc1. The van der Waals surface area contributed by atoms with E-state index in [0.29, 0.717) is 11.1 Å². The van der Waals surface area contributed by atoms with Crippen LogP contribution in [0.15, 0.2) is 24.3 Å². The van der Waals surface area contributed by atoms with Crippen LogP contribution in [-0.4, -0.2) is 16.3 Å². The van der Waals surface area contributed by atoms with Crippen molar-refractivity contribution >= 4 is 0 Å². The standard InChI is InChI=1S/C12H11NO2/c1-2-9-3-5-10(6-4-9)12(15)11(14)7-8-13/h1,3-6,11-12,14-15H,7H2. The molecule has 0 aromatic heterocycles. The molecule has 15 heavy (non-hydrogen) atoms. The van der Waals surface area contributed by atoms with Crippen LogP contribution in [0, 0.1) is 23.7 Å². The zero-order valence-electron chi connectivity index (χ0n) is 8.09. The van der Waals surface area contributed by atoms with Crippen LogP contribution in [0.25, 0.3) is 0 Å². The maximum Gasteiger partial charge on any atom is 0.106 e. The highest BCUT2D eigenvalue weighted by Gasteiger charge is 2.17. The van der Waals surface area contributed by atoms with Crippen molar-refractivity contribution < 1.29 is 10.2 Å². The van der Waals surface area contributed by atoms with Crippen LogP contribution < -0.4 is 0 Å². The fraction of sp³-hybridized carbons (Fsp3) is 0.250. The van der Waals surface area contributed by atoms with Crippen molar-refractivity contribution in [3.8, 4) is 18.4 Å². The monoisotopic (exact) mass is 201 g/mol. The van der Waals surface area contributed by atoms with E-state index in [1.807, 2.05) is 0 Å². The van der Waals surface area contributed by atoms with Gasteiger partial charge in [0.05, 0.1) is 18.6 Å². The van der Waals surface area contributed by atoms with Crippen molar-refractivity contribution in [3.05, 3.63) is 35.4 Å². The number of aliphatic hydroxyl groups is 2. The summed E-state index contributed by atoms with van der Waals surface area (Å²) in [5.74, 6) is 2.45. The summed E-state index contributed by atoms with van der Waals surface area (Å²) in [4.78, 5) is 0. The second-order valence-corrected chi connectivity index (χ2v) is 3.14. The fourth-order valence-corrected chi connectivity index (χ4v) is 1.20. The first-order chi connectivity index (χ1) is 7.19. The molecule has 1 aromatic rings. The molecule has 1 rings (SSSR count). The Labute approximate surface area is 88.6 Å². The van der Waals surface area contributed by atoms with Gasteiger partial charge in [0.25, 0.3) is 0 Å². The third-order valence-corrected chi connectivity index (χ3v) is 2.08. The highest BCUT2D eigenvalue weighted by atomic mass is 16.3. The molecule has 0 heterocycles. The second-order valence-electron chi connectivity index (χ2n) is 3.14. The number of hydrogen-bond acceptors (Lipinski definition) is 3. The largest absolute Gasteiger partial charge is 0.389 e. The minimum absolute atomic E-state index is 0.0991. The van der Waals surface area contributed by atoms with E-state index in [4.69, 9.17) is 11.7 Å². The molecule has 3 nitrogen and oxygen atoms in total. The molecule has 0 bridgehead atoms. The van der Waals surface area contributed by atoms with Crippen LogP contribution in [0.1, 0.15) is 23.7 Å². The van der Waals surface area contributed by atoms with E-state index in [1.165, 1.54) is 0 Å². The zero-order chi connectivity index (χ0) is 11.3. The van der Waals surface area contributed by atoms with E-state index in [0.717, 1.165) is 0 Å². The first-order valence-corrected chi connectivity index (χ1v) is 4.48. The van der Waals surface area contributed by atoms with Crippen molar-refractivity contribution in [3.63, 3.8) is 0 Å². The normalized spacial score (nSPS) is 13.6. The Morgan fingerprint density at radius 3 is 2.33 bits per heavy atom. The molecule has 2 atom stereocenters. The van der Waals surface area contributed by atoms with Crippen LogP contribution in [0.2, 0.25) is 0 Å². The van der Waals surface area contributed by atoms with Gasteiger partial charge in [-0.15, -0.1) is 6.42 Å². The quantitative estimate of drug-likeness (QED) is 0.716. The lowest BCUT2D eigenvalue weighted by Gasteiger charge is -2.15. The van der Waals surface area contributed by atoms with E-state index in [-0.39, 0.29) is 6.42 Å². The smallest absolute Gasteiger partial charge is 0.106 e. The van der Waals surface area contributed by atoms with Gasteiger partial charge in [-0.3, -0.25) is 0 Å². The van der Waals surface area contributed by atoms with E-state index in [9.17, 15) is 10.2 Å². The van der Waals surface area contributed by atoms with Crippen molar-refractivity contribution in [1.29, 1.82) is 5.26 Å². The molecule has 0 saturated carbocycles. The Morgan fingerprint density at radius 1 is 1.27 bits per heavy atom. The number of hydrogen-bond donors (Lipinski definition) is 2. The lowest BCUT2D eigenvalue weighted by atomic mass is 10.0. The molecule has 0 saturated heterocycles. The fourth-order valence-electron chi connectivity index (χ4n) is 1.20. The second kappa shape index (κ2) is 5.17. The van der Waals surface area contributed by atoms with E-state index in [1.54, 1.807) is 30.3 Å². The number of terminal acetylenes is 1. The Kier molecular flexibility index (Phi) is 3.88. The predicted octanol–water partition coefficient (Wildman–Crippen LogP) is 0.976. The lowest BCUT2D eigenvalue weighted by molar-refractivity contribution is 0.0216. The minimum Gasteiger partial charge on any atom is -0.389 e. The van der Waals surface area contributed by atoms with Crippen LogP contribution in [0.4, 0.5) is 0 Å². The first kappa shape index (κ1) is 11.3. The van der Waals surface area contributed by atoms with Crippen molar-refractivity contribution in [2.75, 3.05) is 0 Å². The van der Waals surface area contributed by atoms with Crippen molar-refractivity contribution in [2.45, 2.75) is 18.6 Å². The summed E-state index contributed by atoms with van der Waals surface area (Å²) < 4.78 is 0. The van der Waals surface area contributed by atoms with Gasteiger partial charge in [-0.05, 0) is 17.7 Å². The van der Waals surface area contributed by atoms with Gasteiger partial charge in [-0.1, -0.05) is 18.1 Å². The number of aliphatic hydroxyl groups excluding tert-OH is 2. The molecule has 0 radical (unpaired) electrons. The number of benzene rings is 1. The predicted molar refractivity (Wildman–Crippen MR) is 55.6 cm³/mol. The van der Waals surface area contributed by atoms with Crippen LogP contribution in [0.5, 0.6) is 0 Å². The highest BCUT2D eigenvalue weighted by molar-refractivity contribution is 5.35. The number of nitriles is 1. The Bertz CT molecular complexity index is 397. The summed E-state index contributed by atoms with van der Waals surface area (Å²) in [6, 6.07) is 8.43. The highest BCUT2D eigenvalue weighted by Crippen LogP contribution is 2.18. The molecule has 0 amide bonds. The maximum atomic E-state index is 9.63. The van der Waals surface area contributed by atoms with E-state index in [2.05, 4.69) is 5.92 Å². The van der Waals surface area contributed by atoms with Gasteiger partial charge < -0.3 is 10.2 Å². The van der Waals surface area contributed by atoms with Crippen molar-refractivity contribution in [1.82, 2.24) is 0 Å². The van der Waals surface area contributed by atoms with Crippen LogP contribution in [-0.2, 0) is 0 Å². The molecule has 0 aliphatic carbocycles. The molecule has 2 unspecified atom stereocenters. The topological polar surface area (TPSA) is 64.2 Å². The maximum absolute atomic E-state index is 9.63. The molecule has 2 N–H and O–H groups in total. The van der Waals surface area contributed by atoms with Gasteiger partial charge in [0.2, 0.25) is 0 Å². The van der Waals surface area contributed by atoms with Crippen LogP contribution >= 0.6 is 0 Å². The van der Waals surface area contributed by atoms with E-state index < -0.39 is 12.2 Å². The number of rotatable bonds is 3. The van der Waals surface area contributed by atoms with Crippen LogP contribution in [0.3, 0.4) is 0 Å². The van der Waals surface area contributed by atoms with Gasteiger partial charge >= 0.3 is 0 Å². The molecule has 0 spiro atoms. The molecule has 76 valence electrons. The molecule has 1 aromatic carbocycles. The average molecular weight is 201 g/mol. The van der Waals surface area contributed by atoms with Crippen molar-refractivity contribution in [2.24, 2.45) is 0 Å². The van der Waals surface area contributed by atoms with Gasteiger partial charge in [0, 0.05) is 5.56 Å². The summed E-state index contributed by atoms with van der Waals surface area (Å²) in [6.45, 7) is 0. The summed E-state index contributed by atoms with van der Waals surface area (Å²) in [7, 11) is 0. The molecular weight excluding hydrogens is 190 g/mol. The molecular formula is C12H11NO2. The molecule has 3 heteroatoms. The Balaban J connectivity index is 2.79.